The fourth-order valence-electron chi connectivity index (χ4n) is 2.32. The number of pyridine rings is 1. The summed E-state index contributed by atoms with van der Waals surface area (Å²) >= 11 is 5.77. The third-order valence-electron chi connectivity index (χ3n) is 3.43. The summed E-state index contributed by atoms with van der Waals surface area (Å²) in [6.07, 6.45) is -3.12. The highest BCUT2D eigenvalue weighted by Crippen LogP contribution is 2.36. The van der Waals surface area contributed by atoms with Gasteiger partial charge in [-0.15, -0.1) is 0 Å². The number of anilines is 1. The van der Waals surface area contributed by atoms with E-state index in [-0.39, 0.29) is 16.6 Å². The van der Waals surface area contributed by atoms with E-state index in [1.54, 1.807) is 12.1 Å². The Morgan fingerprint density at radius 3 is 2.42 bits per heavy atom. The topological polar surface area (TPSA) is 42.0 Å². The molecule has 0 unspecified atom stereocenters. The summed E-state index contributed by atoms with van der Waals surface area (Å²) in [7, 11) is 0. The van der Waals surface area contributed by atoms with Gasteiger partial charge in [-0.3, -0.25) is 9.78 Å². The minimum absolute atomic E-state index is 0.0705. The van der Waals surface area contributed by atoms with E-state index in [2.05, 4.69) is 10.3 Å². The average Bonchev–Trinajstić information content (AvgIpc) is 2.54. The lowest BCUT2D eigenvalue weighted by Crippen LogP contribution is -2.13. The number of alkyl halides is 3. The van der Waals surface area contributed by atoms with E-state index < -0.39 is 17.6 Å². The first-order valence-electron chi connectivity index (χ1n) is 6.88. The summed E-state index contributed by atoms with van der Waals surface area (Å²) in [6, 6.07) is 11.0. The van der Waals surface area contributed by atoms with Gasteiger partial charge in [-0.05, 0) is 42.5 Å². The van der Waals surface area contributed by atoms with Crippen LogP contribution in [-0.4, -0.2) is 10.9 Å². The number of carbonyl (C=O) groups excluding carboxylic acids is 1. The van der Waals surface area contributed by atoms with Crippen molar-refractivity contribution in [3.05, 3.63) is 70.9 Å². The largest absolute Gasteiger partial charge is 0.417 e. The predicted octanol–water partition coefficient (Wildman–Crippen LogP) is 5.16. The van der Waals surface area contributed by atoms with Gasteiger partial charge in [0.1, 0.15) is 0 Å². The van der Waals surface area contributed by atoms with Crippen molar-refractivity contribution < 1.29 is 18.0 Å². The van der Waals surface area contributed by atoms with E-state index >= 15 is 0 Å². The highest BCUT2D eigenvalue weighted by atomic mass is 35.5. The zero-order valence-corrected chi connectivity index (χ0v) is 12.8. The van der Waals surface area contributed by atoms with Crippen LogP contribution in [0.15, 0.2) is 54.7 Å². The number of benzene rings is 2. The first-order valence-corrected chi connectivity index (χ1v) is 7.26. The van der Waals surface area contributed by atoms with Gasteiger partial charge in [0.15, 0.2) is 0 Å². The summed E-state index contributed by atoms with van der Waals surface area (Å²) in [5.74, 6) is -0.460. The quantitative estimate of drug-likeness (QED) is 0.693. The number of nitrogens with one attached hydrogen (secondary N) is 1. The minimum atomic E-state index is -4.50. The molecule has 0 aliphatic rings. The molecule has 0 aliphatic carbocycles. The van der Waals surface area contributed by atoms with Crippen LogP contribution in [0, 0.1) is 0 Å². The normalized spacial score (nSPS) is 11.5. The van der Waals surface area contributed by atoms with Crippen molar-refractivity contribution in [3.8, 4) is 0 Å². The zero-order chi connectivity index (χ0) is 17.3. The highest BCUT2D eigenvalue weighted by molar-refractivity contribution is 6.30. The van der Waals surface area contributed by atoms with Crippen molar-refractivity contribution in [2.75, 3.05) is 5.32 Å². The molecule has 7 heteroatoms. The summed E-state index contributed by atoms with van der Waals surface area (Å²) in [6.45, 7) is 0. The van der Waals surface area contributed by atoms with Gasteiger partial charge in [-0.25, -0.2) is 0 Å². The van der Waals surface area contributed by atoms with Gasteiger partial charge in [-0.1, -0.05) is 17.7 Å². The molecule has 0 bridgehead atoms. The second-order valence-electron chi connectivity index (χ2n) is 5.02. The molecule has 0 atom stereocenters. The Morgan fingerprint density at radius 2 is 1.75 bits per heavy atom. The number of halogens is 4. The number of rotatable bonds is 2. The Kier molecular flexibility index (Phi) is 4.15. The molecule has 0 fully saturated rings. The lowest BCUT2D eigenvalue weighted by molar-refractivity contribution is -0.136. The number of aromatic nitrogens is 1. The number of amides is 1. The summed E-state index contributed by atoms with van der Waals surface area (Å²) in [4.78, 5) is 16.2. The summed E-state index contributed by atoms with van der Waals surface area (Å²) in [5, 5.41) is 3.00. The van der Waals surface area contributed by atoms with Gasteiger partial charge in [-0.2, -0.15) is 13.2 Å². The lowest BCUT2D eigenvalue weighted by Gasteiger charge is -2.13. The maximum Gasteiger partial charge on any atom is 0.417 e. The Hall–Kier alpha value is -2.60. The van der Waals surface area contributed by atoms with Crippen LogP contribution in [0.2, 0.25) is 5.02 Å². The molecule has 3 nitrogen and oxygen atoms in total. The van der Waals surface area contributed by atoms with Gasteiger partial charge in [0.05, 0.1) is 16.8 Å². The van der Waals surface area contributed by atoms with Crippen molar-refractivity contribution in [1.82, 2.24) is 4.98 Å². The van der Waals surface area contributed by atoms with Crippen LogP contribution >= 0.6 is 11.6 Å². The molecule has 0 saturated carbocycles. The van der Waals surface area contributed by atoms with Gasteiger partial charge < -0.3 is 5.32 Å². The Morgan fingerprint density at radius 1 is 1.04 bits per heavy atom. The van der Waals surface area contributed by atoms with E-state index in [1.807, 2.05) is 0 Å². The Bertz CT molecular complexity index is 908. The smallest absolute Gasteiger partial charge is 0.320 e. The van der Waals surface area contributed by atoms with Crippen LogP contribution in [-0.2, 0) is 6.18 Å². The highest BCUT2D eigenvalue weighted by Gasteiger charge is 2.33. The van der Waals surface area contributed by atoms with E-state index in [4.69, 9.17) is 11.6 Å². The molecule has 122 valence electrons. The molecule has 0 radical (unpaired) electrons. The molecular formula is C17H10ClF3N2O. The molecule has 24 heavy (non-hydrogen) atoms. The molecule has 2 aromatic carbocycles. The molecule has 0 saturated heterocycles. The molecule has 0 aliphatic heterocycles. The molecule has 1 amide bonds. The van der Waals surface area contributed by atoms with Crippen molar-refractivity contribution in [2.45, 2.75) is 6.18 Å². The maximum absolute atomic E-state index is 13.1. The zero-order valence-electron chi connectivity index (χ0n) is 12.1. The number of fused-ring (bicyclic) bond motifs is 1. The van der Waals surface area contributed by atoms with Crippen LogP contribution < -0.4 is 5.32 Å². The third kappa shape index (κ3) is 3.19. The molecule has 1 N–H and O–H groups in total. The maximum atomic E-state index is 13.1. The number of carbonyl (C=O) groups is 1. The SMILES string of the molecule is O=C(Nc1ccc(C(F)(F)F)c2cccnc12)c1ccc(Cl)cc1. The number of hydrogen-bond acceptors (Lipinski definition) is 2. The summed E-state index contributed by atoms with van der Waals surface area (Å²) in [5.41, 5.74) is -0.174. The standard InChI is InChI=1S/C17H10ClF3N2O/c18-11-5-3-10(4-6-11)16(24)23-14-8-7-13(17(19,20)21)12-2-1-9-22-15(12)14/h1-9H,(H,23,24). The molecule has 3 rings (SSSR count). The van der Waals surface area contributed by atoms with Crippen LogP contribution in [0.4, 0.5) is 18.9 Å². The number of hydrogen-bond donors (Lipinski definition) is 1. The molecule has 1 aromatic heterocycles. The monoisotopic (exact) mass is 350 g/mol. The first kappa shape index (κ1) is 16.3. The number of nitrogens with zero attached hydrogens (tertiary/aromatic N) is 1. The van der Waals surface area contributed by atoms with Crippen molar-refractivity contribution in [2.24, 2.45) is 0 Å². The van der Waals surface area contributed by atoms with Crippen LogP contribution in [0.5, 0.6) is 0 Å². The third-order valence-corrected chi connectivity index (χ3v) is 3.68. The minimum Gasteiger partial charge on any atom is -0.320 e. The van der Waals surface area contributed by atoms with E-state index in [0.29, 0.717) is 10.6 Å². The van der Waals surface area contributed by atoms with Crippen molar-refractivity contribution >= 4 is 34.1 Å². The Balaban J connectivity index is 2.02. The van der Waals surface area contributed by atoms with Crippen molar-refractivity contribution in [1.29, 1.82) is 0 Å². The first-order chi connectivity index (χ1) is 11.4. The van der Waals surface area contributed by atoms with E-state index in [0.717, 1.165) is 6.07 Å². The molecule has 0 spiro atoms. The van der Waals surface area contributed by atoms with Crippen LogP contribution in [0.1, 0.15) is 15.9 Å². The second-order valence-corrected chi connectivity index (χ2v) is 5.46. The van der Waals surface area contributed by atoms with Gasteiger partial charge in [0.25, 0.3) is 5.91 Å². The fourth-order valence-corrected chi connectivity index (χ4v) is 2.44. The van der Waals surface area contributed by atoms with Crippen LogP contribution in [0.25, 0.3) is 10.9 Å². The van der Waals surface area contributed by atoms with Gasteiger partial charge >= 0.3 is 6.18 Å². The molecule has 1 heterocycles. The summed E-state index contributed by atoms with van der Waals surface area (Å²) < 4.78 is 39.3. The van der Waals surface area contributed by atoms with Gasteiger partial charge in [0.2, 0.25) is 0 Å². The van der Waals surface area contributed by atoms with Gasteiger partial charge in [0, 0.05) is 22.2 Å². The second kappa shape index (κ2) is 6.13. The molecule has 3 aromatic rings. The molecular weight excluding hydrogens is 341 g/mol. The lowest BCUT2D eigenvalue weighted by atomic mass is 10.1. The van der Waals surface area contributed by atoms with E-state index in [9.17, 15) is 18.0 Å². The predicted molar refractivity (Wildman–Crippen MR) is 86.2 cm³/mol. The van der Waals surface area contributed by atoms with E-state index in [1.165, 1.54) is 36.5 Å². The average molecular weight is 351 g/mol. The fraction of sp³-hybridized carbons (Fsp3) is 0.0588. The van der Waals surface area contributed by atoms with Crippen LogP contribution in [0.3, 0.4) is 0 Å². The Labute approximate surface area is 140 Å². The van der Waals surface area contributed by atoms with Crippen molar-refractivity contribution in [3.63, 3.8) is 0 Å².